The van der Waals surface area contributed by atoms with Crippen molar-refractivity contribution in [2.75, 3.05) is 7.11 Å². The molecule has 0 atom stereocenters. The summed E-state index contributed by atoms with van der Waals surface area (Å²) in [5, 5.41) is 4.14. The summed E-state index contributed by atoms with van der Waals surface area (Å²) >= 11 is 3.56. The van der Waals surface area contributed by atoms with Crippen molar-refractivity contribution in [3.63, 3.8) is 0 Å². The zero-order valence-corrected chi connectivity index (χ0v) is 20.5. The third-order valence-corrected chi connectivity index (χ3v) is 5.76. The van der Waals surface area contributed by atoms with Crippen LogP contribution in [-0.4, -0.2) is 23.8 Å². The minimum absolute atomic E-state index is 0.301. The molecular weight excluding hydrogens is 494 g/mol. The molecule has 0 saturated heterocycles. The predicted octanol–water partition coefficient (Wildman–Crippen LogP) is 5.90. The zero-order chi connectivity index (χ0) is 23.9. The second-order valence-corrected chi connectivity index (χ2v) is 8.47. The van der Waals surface area contributed by atoms with Gasteiger partial charge in [-0.15, -0.1) is 0 Å². The van der Waals surface area contributed by atoms with Gasteiger partial charge in [-0.05, 0) is 70.4 Å². The SMILES string of the molecule is COc1cc(/C=N/NC(=O)c2ccccc2-n2cccc2)cc(Br)c1OCc1ccc(C)cc1. The maximum atomic E-state index is 12.7. The van der Waals surface area contributed by atoms with Gasteiger partial charge in [0, 0.05) is 12.4 Å². The molecule has 0 fully saturated rings. The summed E-state index contributed by atoms with van der Waals surface area (Å²) < 4.78 is 14.1. The van der Waals surface area contributed by atoms with E-state index < -0.39 is 0 Å². The number of rotatable bonds is 8. The molecule has 34 heavy (non-hydrogen) atoms. The van der Waals surface area contributed by atoms with Crippen LogP contribution in [0.3, 0.4) is 0 Å². The van der Waals surface area contributed by atoms with Crippen molar-refractivity contribution in [3.05, 3.63) is 112 Å². The summed E-state index contributed by atoms with van der Waals surface area (Å²) in [7, 11) is 1.58. The third kappa shape index (κ3) is 5.55. The zero-order valence-electron chi connectivity index (χ0n) is 18.9. The van der Waals surface area contributed by atoms with Crippen LogP contribution in [0.4, 0.5) is 0 Å². The maximum absolute atomic E-state index is 12.7. The van der Waals surface area contributed by atoms with Gasteiger partial charge in [-0.2, -0.15) is 5.10 Å². The first-order chi connectivity index (χ1) is 16.5. The number of carbonyl (C=O) groups is 1. The number of nitrogens with zero attached hydrogens (tertiary/aromatic N) is 2. The van der Waals surface area contributed by atoms with E-state index in [4.69, 9.17) is 9.47 Å². The second kappa shape index (κ2) is 10.9. The molecule has 0 bridgehead atoms. The van der Waals surface area contributed by atoms with Gasteiger partial charge in [0.15, 0.2) is 11.5 Å². The summed E-state index contributed by atoms with van der Waals surface area (Å²) in [6, 6.07) is 23.0. The first-order valence-electron chi connectivity index (χ1n) is 10.7. The summed E-state index contributed by atoms with van der Waals surface area (Å²) in [6.45, 7) is 2.47. The standard InChI is InChI=1S/C27H24BrN3O3/c1-19-9-11-20(12-10-19)18-34-26-23(28)15-21(16-25(26)33-2)17-29-30-27(32)22-7-3-4-8-24(22)31-13-5-6-14-31/h3-17H,18H2,1-2H3,(H,30,32)/b29-17+. The van der Waals surface area contributed by atoms with Crippen LogP contribution >= 0.6 is 15.9 Å². The molecule has 4 aromatic rings. The van der Waals surface area contributed by atoms with E-state index >= 15 is 0 Å². The smallest absolute Gasteiger partial charge is 0.273 e. The Hall–Kier alpha value is -3.84. The number of hydrogen-bond acceptors (Lipinski definition) is 4. The Bertz CT molecular complexity index is 1300. The van der Waals surface area contributed by atoms with E-state index in [9.17, 15) is 4.79 Å². The van der Waals surface area contributed by atoms with Crippen LogP contribution in [0, 0.1) is 6.92 Å². The van der Waals surface area contributed by atoms with Gasteiger partial charge < -0.3 is 14.0 Å². The molecule has 1 heterocycles. The highest BCUT2D eigenvalue weighted by atomic mass is 79.9. The number of ether oxygens (including phenoxy) is 2. The molecule has 7 heteroatoms. The molecule has 1 aromatic heterocycles. The van der Waals surface area contributed by atoms with Gasteiger partial charge in [-0.3, -0.25) is 4.79 Å². The van der Waals surface area contributed by atoms with E-state index in [1.807, 2.05) is 72.4 Å². The van der Waals surface area contributed by atoms with E-state index in [2.05, 4.69) is 38.6 Å². The van der Waals surface area contributed by atoms with Gasteiger partial charge in [0.05, 0.1) is 29.0 Å². The summed E-state index contributed by atoms with van der Waals surface area (Å²) in [5.74, 6) is 0.863. The van der Waals surface area contributed by atoms with Crippen molar-refractivity contribution in [1.82, 2.24) is 9.99 Å². The molecule has 0 saturated carbocycles. The van der Waals surface area contributed by atoms with Crippen molar-refractivity contribution in [3.8, 4) is 17.2 Å². The Morgan fingerprint density at radius 3 is 2.53 bits per heavy atom. The Kier molecular flexibility index (Phi) is 7.44. The van der Waals surface area contributed by atoms with Crippen LogP contribution in [0.25, 0.3) is 5.69 Å². The average molecular weight is 518 g/mol. The summed E-state index contributed by atoms with van der Waals surface area (Å²) in [5.41, 5.74) is 6.91. The van der Waals surface area contributed by atoms with E-state index in [1.54, 1.807) is 25.5 Å². The highest BCUT2D eigenvalue weighted by Gasteiger charge is 2.13. The molecule has 1 amide bonds. The lowest BCUT2D eigenvalue weighted by molar-refractivity contribution is 0.0955. The van der Waals surface area contributed by atoms with E-state index in [1.165, 1.54) is 5.56 Å². The highest BCUT2D eigenvalue weighted by Crippen LogP contribution is 2.36. The van der Waals surface area contributed by atoms with E-state index in [-0.39, 0.29) is 5.91 Å². The minimum Gasteiger partial charge on any atom is -0.493 e. The molecule has 0 aliphatic heterocycles. The number of amides is 1. The molecule has 4 rings (SSSR count). The lowest BCUT2D eigenvalue weighted by Gasteiger charge is -2.13. The summed E-state index contributed by atoms with van der Waals surface area (Å²) in [6.07, 6.45) is 5.34. The molecule has 0 spiro atoms. The number of benzene rings is 3. The van der Waals surface area contributed by atoms with E-state index in [0.717, 1.165) is 21.3 Å². The van der Waals surface area contributed by atoms with Crippen LogP contribution in [0.5, 0.6) is 11.5 Å². The van der Waals surface area contributed by atoms with Crippen molar-refractivity contribution >= 4 is 28.1 Å². The van der Waals surface area contributed by atoms with Crippen molar-refractivity contribution in [2.45, 2.75) is 13.5 Å². The Morgan fingerprint density at radius 1 is 1.06 bits per heavy atom. The Morgan fingerprint density at radius 2 is 1.79 bits per heavy atom. The van der Waals surface area contributed by atoms with Gasteiger partial charge in [0.1, 0.15) is 6.61 Å². The fourth-order valence-corrected chi connectivity index (χ4v) is 3.98. The molecule has 0 aliphatic carbocycles. The van der Waals surface area contributed by atoms with Crippen LogP contribution in [0.2, 0.25) is 0 Å². The lowest BCUT2D eigenvalue weighted by Crippen LogP contribution is -2.19. The van der Waals surface area contributed by atoms with Crippen molar-refractivity contribution < 1.29 is 14.3 Å². The molecule has 0 aliphatic rings. The minimum atomic E-state index is -0.301. The number of aromatic nitrogens is 1. The fraction of sp³-hybridized carbons (Fsp3) is 0.111. The normalized spacial score (nSPS) is 10.9. The molecule has 172 valence electrons. The van der Waals surface area contributed by atoms with Crippen LogP contribution < -0.4 is 14.9 Å². The van der Waals surface area contributed by atoms with E-state index in [0.29, 0.717) is 23.7 Å². The maximum Gasteiger partial charge on any atom is 0.273 e. The molecule has 1 N–H and O–H groups in total. The van der Waals surface area contributed by atoms with Gasteiger partial charge in [0.25, 0.3) is 5.91 Å². The number of halogens is 1. The van der Waals surface area contributed by atoms with Crippen molar-refractivity contribution in [1.29, 1.82) is 0 Å². The largest absolute Gasteiger partial charge is 0.493 e. The van der Waals surface area contributed by atoms with Crippen LogP contribution in [0.15, 0.2) is 94.8 Å². The van der Waals surface area contributed by atoms with Gasteiger partial charge in [0.2, 0.25) is 0 Å². The summed E-state index contributed by atoms with van der Waals surface area (Å²) in [4.78, 5) is 12.7. The Labute approximate surface area is 207 Å². The number of aryl methyl sites for hydroxylation is 1. The molecule has 0 radical (unpaired) electrons. The van der Waals surface area contributed by atoms with Gasteiger partial charge >= 0.3 is 0 Å². The fourth-order valence-electron chi connectivity index (χ4n) is 3.41. The number of para-hydroxylation sites is 1. The molecular formula is C27H24BrN3O3. The first-order valence-corrected chi connectivity index (χ1v) is 11.5. The number of methoxy groups -OCH3 is 1. The monoisotopic (exact) mass is 517 g/mol. The quantitative estimate of drug-likeness (QED) is 0.233. The average Bonchev–Trinajstić information content (AvgIpc) is 3.39. The third-order valence-electron chi connectivity index (χ3n) is 5.17. The molecule has 6 nitrogen and oxygen atoms in total. The van der Waals surface area contributed by atoms with Gasteiger partial charge in [-0.1, -0.05) is 42.0 Å². The van der Waals surface area contributed by atoms with Gasteiger partial charge in [-0.25, -0.2) is 5.43 Å². The second-order valence-electron chi connectivity index (χ2n) is 7.61. The highest BCUT2D eigenvalue weighted by molar-refractivity contribution is 9.10. The lowest BCUT2D eigenvalue weighted by atomic mass is 10.1. The van der Waals surface area contributed by atoms with Crippen LogP contribution in [0.1, 0.15) is 27.0 Å². The number of carbonyl (C=O) groups excluding carboxylic acids is 1. The van der Waals surface area contributed by atoms with Crippen LogP contribution in [-0.2, 0) is 6.61 Å². The first kappa shape index (κ1) is 23.3. The topological polar surface area (TPSA) is 64.8 Å². The van der Waals surface area contributed by atoms with Crippen molar-refractivity contribution in [2.24, 2.45) is 5.10 Å². The molecule has 3 aromatic carbocycles. The number of hydrogen-bond donors (Lipinski definition) is 1. The Balaban J connectivity index is 1.46. The number of nitrogens with one attached hydrogen (secondary N) is 1. The predicted molar refractivity (Wildman–Crippen MR) is 137 cm³/mol. The molecule has 0 unspecified atom stereocenters. The number of hydrazone groups is 1.